The van der Waals surface area contributed by atoms with Crippen LogP contribution in [0.5, 0.6) is 0 Å². The molecule has 0 aliphatic heterocycles. The number of aliphatic carboxylic acids is 1. The summed E-state index contributed by atoms with van der Waals surface area (Å²) in [6, 6.07) is 5.07. The van der Waals surface area contributed by atoms with Crippen LogP contribution >= 0.6 is 38.5 Å². The van der Waals surface area contributed by atoms with E-state index >= 15 is 0 Å². The summed E-state index contributed by atoms with van der Waals surface area (Å²) in [7, 11) is 0. The van der Waals surface area contributed by atoms with E-state index in [1.165, 1.54) is 0 Å². The van der Waals surface area contributed by atoms with Crippen molar-refractivity contribution in [3.63, 3.8) is 0 Å². The minimum Gasteiger partial charge on any atom is -0.481 e. The second-order valence-corrected chi connectivity index (χ2v) is 6.72. The molecule has 19 heavy (non-hydrogen) atoms. The largest absolute Gasteiger partial charge is 0.481 e. The van der Waals surface area contributed by atoms with Gasteiger partial charge < -0.3 is 15.7 Å². The van der Waals surface area contributed by atoms with Gasteiger partial charge in [-0.1, -0.05) is 0 Å². The minimum absolute atomic E-state index is 0.0517. The van der Waals surface area contributed by atoms with E-state index in [1.54, 1.807) is 19.9 Å². The summed E-state index contributed by atoms with van der Waals surface area (Å²) in [6.45, 7) is 3.16. The topological polar surface area (TPSA) is 78.4 Å². The van der Waals surface area contributed by atoms with E-state index in [0.29, 0.717) is 5.69 Å². The summed E-state index contributed by atoms with van der Waals surface area (Å²) in [5.41, 5.74) is -0.369. The standard InChI is InChI=1S/C12H14BrIN2O3/c1-12(2,10(17)18)6-15-11(19)16-9-4-3-7(14)5-8(9)13/h3-5H,6H2,1-2H3,(H,17,18)(H2,15,16,19). The molecule has 1 aromatic carbocycles. The number of nitrogens with one attached hydrogen (secondary N) is 2. The molecule has 0 aliphatic rings. The van der Waals surface area contributed by atoms with Crippen molar-refractivity contribution in [2.24, 2.45) is 5.41 Å². The quantitative estimate of drug-likeness (QED) is 0.628. The maximum absolute atomic E-state index is 11.7. The molecule has 104 valence electrons. The number of amides is 2. The summed E-state index contributed by atoms with van der Waals surface area (Å²) in [5.74, 6) is -0.955. The Balaban J connectivity index is 2.59. The van der Waals surface area contributed by atoms with Gasteiger partial charge in [0.1, 0.15) is 0 Å². The predicted octanol–water partition coefficient (Wildman–Crippen LogP) is 3.29. The van der Waals surface area contributed by atoms with Gasteiger partial charge in [-0.05, 0) is 70.6 Å². The zero-order chi connectivity index (χ0) is 14.6. The lowest BCUT2D eigenvalue weighted by molar-refractivity contribution is -0.146. The predicted molar refractivity (Wildman–Crippen MR) is 85.3 cm³/mol. The number of carboxylic acid groups (broad SMARTS) is 1. The fraction of sp³-hybridized carbons (Fsp3) is 0.333. The maximum Gasteiger partial charge on any atom is 0.319 e. The van der Waals surface area contributed by atoms with Gasteiger partial charge in [-0.2, -0.15) is 0 Å². The van der Waals surface area contributed by atoms with Crippen molar-refractivity contribution in [2.75, 3.05) is 11.9 Å². The molecule has 2 amide bonds. The number of carbonyl (C=O) groups excluding carboxylic acids is 1. The molecule has 0 radical (unpaired) electrons. The molecule has 3 N–H and O–H groups in total. The molecule has 0 heterocycles. The Labute approximate surface area is 133 Å². The molecule has 0 aromatic heterocycles. The number of carbonyl (C=O) groups is 2. The summed E-state index contributed by atoms with van der Waals surface area (Å²) < 4.78 is 1.81. The highest BCUT2D eigenvalue weighted by Crippen LogP contribution is 2.24. The van der Waals surface area contributed by atoms with E-state index in [1.807, 2.05) is 12.1 Å². The van der Waals surface area contributed by atoms with Crippen molar-refractivity contribution < 1.29 is 14.7 Å². The molecule has 0 atom stereocenters. The molecular formula is C12H14BrIN2O3. The van der Waals surface area contributed by atoms with Crippen LogP contribution in [0.2, 0.25) is 0 Å². The molecule has 0 saturated carbocycles. The third-order valence-electron chi connectivity index (χ3n) is 2.45. The first-order valence-electron chi connectivity index (χ1n) is 5.45. The molecule has 0 spiro atoms. The van der Waals surface area contributed by atoms with Gasteiger partial charge in [0.2, 0.25) is 0 Å². The first-order valence-corrected chi connectivity index (χ1v) is 7.33. The highest BCUT2D eigenvalue weighted by molar-refractivity contribution is 14.1. The van der Waals surface area contributed by atoms with Crippen LogP contribution in [0.3, 0.4) is 0 Å². The average molecular weight is 441 g/mol. The van der Waals surface area contributed by atoms with E-state index in [0.717, 1.165) is 8.04 Å². The van der Waals surface area contributed by atoms with Crippen LogP contribution in [-0.2, 0) is 4.79 Å². The molecule has 0 aliphatic carbocycles. The number of halogens is 2. The fourth-order valence-corrected chi connectivity index (χ4v) is 2.53. The Kier molecular flexibility index (Phi) is 5.60. The molecule has 0 saturated heterocycles. The second kappa shape index (κ2) is 6.56. The van der Waals surface area contributed by atoms with E-state index < -0.39 is 17.4 Å². The van der Waals surface area contributed by atoms with Gasteiger partial charge in [0, 0.05) is 14.6 Å². The number of urea groups is 1. The first kappa shape index (κ1) is 16.2. The van der Waals surface area contributed by atoms with Gasteiger partial charge in [-0.25, -0.2) is 4.79 Å². The summed E-state index contributed by atoms with van der Waals surface area (Å²) in [5, 5.41) is 14.1. The SMILES string of the molecule is CC(C)(CNC(=O)Nc1ccc(I)cc1Br)C(=O)O. The molecule has 0 bridgehead atoms. The minimum atomic E-state index is -0.999. The van der Waals surface area contributed by atoms with Crippen molar-refractivity contribution in [1.82, 2.24) is 5.32 Å². The summed E-state index contributed by atoms with van der Waals surface area (Å²) >= 11 is 5.51. The highest BCUT2D eigenvalue weighted by Gasteiger charge is 2.27. The molecule has 0 unspecified atom stereocenters. The number of carboxylic acids is 1. The monoisotopic (exact) mass is 440 g/mol. The molecule has 1 rings (SSSR count). The maximum atomic E-state index is 11.7. The lowest BCUT2D eigenvalue weighted by Gasteiger charge is -2.19. The lowest BCUT2D eigenvalue weighted by Crippen LogP contribution is -2.40. The van der Waals surface area contributed by atoms with Crippen LogP contribution in [0.4, 0.5) is 10.5 Å². The Morgan fingerprint density at radius 2 is 2.05 bits per heavy atom. The van der Waals surface area contributed by atoms with E-state index in [2.05, 4.69) is 49.2 Å². The number of hydrogen-bond acceptors (Lipinski definition) is 2. The summed E-state index contributed by atoms with van der Waals surface area (Å²) in [4.78, 5) is 22.6. The Hall–Kier alpha value is -0.830. The first-order chi connectivity index (χ1) is 8.72. The number of hydrogen-bond donors (Lipinski definition) is 3. The zero-order valence-electron chi connectivity index (χ0n) is 10.5. The molecular weight excluding hydrogens is 427 g/mol. The van der Waals surface area contributed by atoms with Crippen molar-refractivity contribution in [3.8, 4) is 0 Å². The molecule has 0 fully saturated rings. The van der Waals surface area contributed by atoms with E-state index in [-0.39, 0.29) is 6.54 Å². The Bertz CT molecular complexity index is 506. The number of anilines is 1. The van der Waals surface area contributed by atoms with Crippen LogP contribution in [0, 0.1) is 8.99 Å². The Morgan fingerprint density at radius 1 is 1.42 bits per heavy atom. The highest BCUT2D eigenvalue weighted by atomic mass is 127. The molecule has 7 heteroatoms. The van der Waals surface area contributed by atoms with Crippen LogP contribution in [0.25, 0.3) is 0 Å². The van der Waals surface area contributed by atoms with Crippen LogP contribution in [-0.4, -0.2) is 23.7 Å². The second-order valence-electron chi connectivity index (χ2n) is 4.62. The zero-order valence-corrected chi connectivity index (χ0v) is 14.2. The smallest absolute Gasteiger partial charge is 0.319 e. The van der Waals surface area contributed by atoms with Gasteiger partial charge in [0.05, 0.1) is 11.1 Å². The van der Waals surface area contributed by atoms with E-state index in [4.69, 9.17) is 5.11 Å². The normalized spacial score (nSPS) is 10.9. The third kappa shape index (κ3) is 4.98. The van der Waals surface area contributed by atoms with Crippen molar-refractivity contribution >= 4 is 56.2 Å². The number of rotatable bonds is 4. The van der Waals surface area contributed by atoms with Gasteiger partial charge in [-0.3, -0.25) is 4.79 Å². The van der Waals surface area contributed by atoms with Gasteiger partial charge in [-0.15, -0.1) is 0 Å². The molecule has 1 aromatic rings. The lowest BCUT2D eigenvalue weighted by atomic mass is 9.94. The van der Waals surface area contributed by atoms with Gasteiger partial charge in [0.25, 0.3) is 0 Å². The summed E-state index contributed by atoms with van der Waals surface area (Å²) in [6.07, 6.45) is 0. The van der Waals surface area contributed by atoms with Crippen LogP contribution in [0.15, 0.2) is 22.7 Å². The van der Waals surface area contributed by atoms with Crippen molar-refractivity contribution in [3.05, 3.63) is 26.2 Å². The third-order valence-corrected chi connectivity index (χ3v) is 3.78. The Morgan fingerprint density at radius 3 is 2.58 bits per heavy atom. The fourth-order valence-electron chi connectivity index (χ4n) is 1.13. The van der Waals surface area contributed by atoms with Crippen molar-refractivity contribution in [1.29, 1.82) is 0 Å². The molecule has 5 nitrogen and oxygen atoms in total. The van der Waals surface area contributed by atoms with Gasteiger partial charge >= 0.3 is 12.0 Å². The average Bonchev–Trinajstić information content (AvgIpc) is 2.30. The number of benzene rings is 1. The van der Waals surface area contributed by atoms with Crippen LogP contribution in [0.1, 0.15) is 13.8 Å². The van der Waals surface area contributed by atoms with Gasteiger partial charge in [0.15, 0.2) is 0 Å². The van der Waals surface area contributed by atoms with E-state index in [9.17, 15) is 9.59 Å². The van der Waals surface area contributed by atoms with Crippen molar-refractivity contribution in [2.45, 2.75) is 13.8 Å². The van der Waals surface area contributed by atoms with Crippen LogP contribution < -0.4 is 10.6 Å².